The molecule has 1 aliphatic carbocycles. The average Bonchev–Trinajstić information content (AvgIpc) is 3.31. The fraction of sp³-hybridized carbons (Fsp3) is 0.686. The van der Waals surface area contributed by atoms with E-state index < -0.39 is 89.6 Å². The van der Waals surface area contributed by atoms with Crippen LogP contribution in [0.15, 0.2) is 85.1 Å². The number of esters is 2. The first-order valence-electron chi connectivity index (χ1n) is 25.2. The minimum absolute atomic E-state index is 0.0607. The molecule has 0 aliphatic heterocycles. The Labute approximate surface area is 416 Å². The fourth-order valence-corrected chi connectivity index (χ4v) is 8.67. The SMILES string of the molecule is CC/C=C\C/C=C\C/C=C\C/C=C\C/C=C\C=C/C(O)CCC(=O)O[C@H](COC(=O)CCCCCCCCC/C=C\CCCCCCCC)COP(=O)(O)O[C@H]1C(O)C(O)C(O)[C@@H](OP(=O)(O)O)C1O. The Morgan fingerprint density at radius 1 is 0.543 bits per heavy atom. The van der Waals surface area contributed by atoms with Crippen molar-refractivity contribution in [2.75, 3.05) is 13.2 Å². The van der Waals surface area contributed by atoms with Crippen LogP contribution in [0, 0.1) is 0 Å². The van der Waals surface area contributed by atoms with Gasteiger partial charge in [-0.2, -0.15) is 0 Å². The summed E-state index contributed by atoms with van der Waals surface area (Å²) in [4.78, 5) is 54.4. The first-order valence-corrected chi connectivity index (χ1v) is 28.3. The predicted octanol–water partition coefficient (Wildman–Crippen LogP) is 9.15. The molecule has 0 amide bonds. The summed E-state index contributed by atoms with van der Waals surface area (Å²) >= 11 is 0. The van der Waals surface area contributed by atoms with Crippen LogP contribution in [-0.4, -0.2) is 114 Å². The monoisotopic (exact) mass is 1030 g/mol. The summed E-state index contributed by atoms with van der Waals surface area (Å²) in [6, 6.07) is 0. The van der Waals surface area contributed by atoms with E-state index in [4.69, 9.17) is 18.5 Å². The maximum Gasteiger partial charge on any atom is 0.472 e. The van der Waals surface area contributed by atoms with E-state index in [0.29, 0.717) is 12.8 Å². The lowest BCUT2D eigenvalue weighted by Gasteiger charge is -2.43. The molecule has 1 rings (SSSR count). The zero-order valence-corrected chi connectivity index (χ0v) is 43.3. The average molecular weight is 1030 g/mol. The Bertz CT molecular complexity index is 1690. The van der Waals surface area contributed by atoms with E-state index in [2.05, 4.69) is 73.1 Å². The van der Waals surface area contributed by atoms with Crippen molar-refractivity contribution in [2.45, 2.75) is 210 Å². The zero-order chi connectivity index (χ0) is 51.9. The molecule has 19 heteroatoms. The number of hydrogen-bond donors (Lipinski definition) is 8. The Morgan fingerprint density at radius 3 is 1.59 bits per heavy atom. The van der Waals surface area contributed by atoms with Crippen molar-refractivity contribution in [1.82, 2.24) is 0 Å². The zero-order valence-electron chi connectivity index (χ0n) is 41.5. The van der Waals surface area contributed by atoms with Crippen LogP contribution >= 0.6 is 15.6 Å². The second-order valence-electron chi connectivity index (χ2n) is 17.3. The van der Waals surface area contributed by atoms with Gasteiger partial charge in [-0.1, -0.05) is 163 Å². The summed E-state index contributed by atoms with van der Waals surface area (Å²) in [5, 5.41) is 51.7. The number of aliphatic hydroxyl groups is 5. The molecule has 1 aliphatic rings. The number of allylic oxidation sites excluding steroid dienone is 13. The number of rotatable bonds is 41. The van der Waals surface area contributed by atoms with Gasteiger partial charge in [0.15, 0.2) is 6.10 Å². The molecule has 0 saturated heterocycles. The maximum absolute atomic E-state index is 13.0. The third-order valence-electron chi connectivity index (χ3n) is 11.1. The van der Waals surface area contributed by atoms with Crippen molar-refractivity contribution < 1.29 is 82.0 Å². The Hall–Kier alpha value is -2.86. The lowest BCUT2D eigenvalue weighted by molar-refractivity contribution is -0.216. The smallest absolute Gasteiger partial charge is 0.462 e. The number of phosphoric acid groups is 2. The van der Waals surface area contributed by atoms with Crippen LogP contribution in [0.5, 0.6) is 0 Å². The van der Waals surface area contributed by atoms with E-state index in [0.717, 1.165) is 77.0 Å². The first kappa shape index (κ1) is 65.2. The van der Waals surface area contributed by atoms with E-state index >= 15 is 0 Å². The molecule has 0 aromatic rings. The maximum atomic E-state index is 13.0. The Balaban J connectivity index is 2.67. The summed E-state index contributed by atoms with van der Waals surface area (Å²) < 4.78 is 49.2. The van der Waals surface area contributed by atoms with Gasteiger partial charge in [0.1, 0.15) is 43.2 Å². The number of unbranched alkanes of at least 4 members (excludes halogenated alkanes) is 13. The van der Waals surface area contributed by atoms with Crippen molar-refractivity contribution in [3.63, 3.8) is 0 Å². The van der Waals surface area contributed by atoms with Crippen molar-refractivity contribution in [1.29, 1.82) is 0 Å². The van der Waals surface area contributed by atoms with Gasteiger partial charge in [-0.05, 0) is 70.6 Å². The van der Waals surface area contributed by atoms with Crippen LogP contribution in [-0.2, 0) is 41.8 Å². The molecule has 6 unspecified atom stereocenters. The molecule has 0 bridgehead atoms. The van der Waals surface area contributed by atoms with Crippen LogP contribution in [0.3, 0.4) is 0 Å². The van der Waals surface area contributed by atoms with Crippen molar-refractivity contribution in [3.8, 4) is 0 Å². The van der Waals surface area contributed by atoms with Gasteiger partial charge in [0.25, 0.3) is 0 Å². The lowest BCUT2D eigenvalue weighted by atomic mass is 9.85. The molecule has 70 heavy (non-hydrogen) atoms. The molecule has 0 aromatic carbocycles. The Kier molecular flexibility index (Phi) is 37.8. The lowest BCUT2D eigenvalue weighted by Crippen LogP contribution is -2.64. The fourth-order valence-electron chi connectivity index (χ4n) is 7.13. The van der Waals surface area contributed by atoms with E-state index in [-0.39, 0.29) is 19.3 Å². The van der Waals surface area contributed by atoms with Crippen LogP contribution in [0.1, 0.15) is 162 Å². The third kappa shape index (κ3) is 34.5. The molecule has 17 nitrogen and oxygen atoms in total. The third-order valence-corrected chi connectivity index (χ3v) is 12.6. The molecule has 0 radical (unpaired) electrons. The van der Waals surface area contributed by atoms with Crippen LogP contribution < -0.4 is 0 Å². The standard InChI is InChI=1S/C51H86O17P2/c1-3-5-7-9-11-13-15-17-19-21-23-25-27-29-31-33-35-37-44(53)64-40-43(41-65-70(62,63)68-51-48(57)46(55)47(56)50(49(51)58)67-69(59,60)61)66-45(54)39-38-42(52)36-34-32-30-28-26-24-22-20-18-16-14-12-10-8-6-4-2/h6,8,12,14,17-20,24,26,30,32,34,36,42-43,46-52,55-58H,3-5,7,9-11,13,15-16,21-23,25,27-29,31,33,35,37-41H2,1-2H3,(H,62,63)(H2,59,60,61)/b8-6-,14-12-,19-17-,20-18-,26-24-,32-30-,36-34-/t42?,43-,46?,47?,48?,49?,50-,51+/m1/s1. The normalized spacial score (nSPS) is 22.1. The molecule has 1 saturated carbocycles. The molecular formula is C51H86O17P2. The molecule has 8 N–H and O–H groups in total. The van der Waals surface area contributed by atoms with Crippen molar-refractivity contribution in [3.05, 3.63) is 85.1 Å². The summed E-state index contributed by atoms with van der Waals surface area (Å²) in [5.41, 5.74) is 0. The van der Waals surface area contributed by atoms with Crippen molar-refractivity contribution >= 4 is 27.6 Å². The molecule has 9 atom stereocenters. The minimum atomic E-state index is -5.40. The molecular weight excluding hydrogens is 946 g/mol. The minimum Gasteiger partial charge on any atom is -0.462 e. The summed E-state index contributed by atoms with van der Waals surface area (Å²) in [6.07, 6.45) is 32.7. The number of aliphatic hydroxyl groups excluding tert-OH is 5. The van der Waals surface area contributed by atoms with Gasteiger partial charge in [0, 0.05) is 12.8 Å². The largest absolute Gasteiger partial charge is 0.472 e. The van der Waals surface area contributed by atoms with Crippen LogP contribution in [0.25, 0.3) is 0 Å². The van der Waals surface area contributed by atoms with Crippen LogP contribution in [0.4, 0.5) is 0 Å². The highest BCUT2D eigenvalue weighted by molar-refractivity contribution is 7.47. The van der Waals surface area contributed by atoms with Gasteiger partial charge in [-0.3, -0.25) is 23.2 Å². The van der Waals surface area contributed by atoms with Gasteiger partial charge in [-0.25, -0.2) is 9.13 Å². The molecule has 1 fully saturated rings. The summed E-state index contributed by atoms with van der Waals surface area (Å²) in [6.45, 7) is 2.79. The second-order valence-corrected chi connectivity index (χ2v) is 19.9. The topological polar surface area (TPSA) is 276 Å². The molecule has 0 heterocycles. The van der Waals surface area contributed by atoms with E-state index in [1.807, 2.05) is 12.2 Å². The van der Waals surface area contributed by atoms with Crippen LogP contribution in [0.2, 0.25) is 0 Å². The highest BCUT2D eigenvalue weighted by Crippen LogP contribution is 2.49. The number of carbonyl (C=O) groups is 2. The van der Waals surface area contributed by atoms with Gasteiger partial charge < -0.3 is 49.7 Å². The number of ether oxygens (including phenoxy) is 2. The highest BCUT2D eigenvalue weighted by atomic mass is 31.2. The number of phosphoric ester groups is 2. The molecule has 402 valence electrons. The quantitative estimate of drug-likeness (QED) is 0.00932. The Morgan fingerprint density at radius 2 is 1.04 bits per heavy atom. The number of hydrogen-bond acceptors (Lipinski definition) is 14. The van der Waals surface area contributed by atoms with Gasteiger partial charge >= 0.3 is 27.6 Å². The number of carbonyl (C=O) groups excluding carboxylic acids is 2. The van der Waals surface area contributed by atoms with Gasteiger partial charge in [0.2, 0.25) is 0 Å². The molecule has 0 spiro atoms. The summed E-state index contributed by atoms with van der Waals surface area (Å²) in [5.74, 6) is -1.50. The van der Waals surface area contributed by atoms with Gasteiger partial charge in [0.05, 0.1) is 12.7 Å². The van der Waals surface area contributed by atoms with E-state index in [1.165, 1.54) is 44.6 Å². The first-order chi connectivity index (χ1) is 33.5. The van der Waals surface area contributed by atoms with Crippen molar-refractivity contribution in [2.24, 2.45) is 0 Å². The second kappa shape index (κ2) is 40.6. The molecule has 0 aromatic heterocycles. The van der Waals surface area contributed by atoms with E-state index in [9.17, 15) is 58.9 Å². The van der Waals surface area contributed by atoms with Gasteiger partial charge in [-0.15, -0.1) is 0 Å². The predicted molar refractivity (Wildman–Crippen MR) is 270 cm³/mol. The summed E-state index contributed by atoms with van der Waals surface area (Å²) in [7, 11) is -10.8. The van der Waals surface area contributed by atoms with E-state index in [1.54, 1.807) is 12.2 Å². The highest BCUT2D eigenvalue weighted by Gasteiger charge is 2.54.